The molecule has 0 aliphatic carbocycles. The molecule has 0 saturated carbocycles. The van der Waals surface area contributed by atoms with Crippen LogP contribution in [-0.2, 0) is 16.0 Å². The summed E-state index contributed by atoms with van der Waals surface area (Å²) in [5.41, 5.74) is 1.87. The number of hydrogen-bond donors (Lipinski definition) is 3. The number of urea groups is 1. The molecule has 0 radical (unpaired) electrons. The Kier molecular flexibility index (Phi) is 13.5. The number of carbonyl (C=O) groups excluding carboxylic acids is 1. The highest BCUT2D eigenvalue weighted by molar-refractivity contribution is 14.0. The van der Waals surface area contributed by atoms with Gasteiger partial charge in [0.25, 0.3) is 0 Å². The van der Waals surface area contributed by atoms with E-state index in [2.05, 4.69) is 27.9 Å². The maximum absolute atomic E-state index is 12.3. The Bertz CT molecular complexity index is 722. The molecule has 0 unspecified atom stereocenters. The number of nitrogens with zero attached hydrogens (tertiary/aromatic N) is 2. The Morgan fingerprint density at radius 1 is 1.21 bits per heavy atom. The van der Waals surface area contributed by atoms with Crippen LogP contribution >= 0.6 is 24.0 Å². The van der Waals surface area contributed by atoms with E-state index in [-0.39, 0.29) is 30.0 Å². The van der Waals surface area contributed by atoms with Crippen molar-refractivity contribution in [1.29, 1.82) is 0 Å². The molecule has 2 fully saturated rings. The van der Waals surface area contributed by atoms with Crippen LogP contribution in [-0.4, -0.2) is 69.5 Å². The Morgan fingerprint density at radius 3 is 2.76 bits per heavy atom. The summed E-state index contributed by atoms with van der Waals surface area (Å²) >= 11 is 0. The molecule has 2 aliphatic heterocycles. The molecule has 3 rings (SSSR count). The van der Waals surface area contributed by atoms with Crippen LogP contribution in [0.4, 0.5) is 10.5 Å². The van der Waals surface area contributed by atoms with Crippen LogP contribution < -0.4 is 16.0 Å². The zero-order chi connectivity index (χ0) is 22.4. The molecule has 0 bridgehead atoms. The molecule has 0 atom stereocenters. The maximum Gasteiger partial charge on any atom is 0.321 e. The summed E-state index contributed by atoms with van der Waals surface area (Å²) in [4.78, 5) is 18.9. The first kappa shape index (κ1) is 27.7. The predicted molar refractivity (Wildman–Crippen MR) is 143 cm³/mol. The highest BCUT2D eigenvalue weighted by Gasteiger charge is 2.17. The third-order valence-electron chi connectivity index (χ3n) is 5.79. The number of carbonyl (C=O) groups is 1. The number of ether oxygens (including phenoxy) is 2. The van der Waals surface area contributed by atoms with Gasteiger partial charge in [-0.2, -0.15) is 0 Å². The number of likely N-dealkylation sites (tertiary alicyclic amines) is 1. The van der Waals surface area contributed by atoms with Gasteiger partial charge >= 0.3 is 6.03 Å². The van der Waals surface area contributed by atoms with Crippen molar-refractivity contribution in [1.82, 2.24) is 15.5 Å². The van der Waals surface area contributed by atoms with E-state index in [9.17, 15) is 4.79 Å². The fraction of sp³-hybridized carbons (Fsp3) is 0.667. The molecule has 33 heavy (non-hydrogen) atoms. The van der Waals surface area contributed by atoms with Crippen molar-refractivity contribution in [3.05, 3.63) is 29.8 Å². The summed E-state index contributed by atoms with van der Waals surface area (Å²) in [6, 6.07) is 7.89. The van der Waals surface area contributed by atoms with Gasteiger partial charge in [-0.05, 0) is 62.6 Å². The maximum atomic E-state index is 12.3. The van der Waals surface area contributed by atoms with E-state index in [4.69, 9.17) is 9.47 Å². The number of benzene rings is 1. The molecule has 1 aromatic rings. The zero-order valence-corrected chi connectivity index (χ0v) is 22.1. The molecule has 8 nitrogen and oxygen atoms in total. The lowest BCUT2D eigenvalue weighted by Gasteiger charge is -2.21. The van der Waals surface area contributed by atoms with Gasteiger partial charge in [-0.3, -0.25) is 0 Å². The first-order valence-corrected chi connectivity index (χ1v) is 12.1. The van der Waals surface area contributed by atoms with Crippen LogP contribution in [0.1, 0.15) is 44.6 Å². The second-order valence-corrected chi connectivity index (χ2v) is 8.43. The van der Waals surface area contributed by atoms with E-state index >= 15 is 0 Å². The van der Waals surface area contributed by atoms with E-state index in [0.29, 0.717) is 12.5 Å². The van der Waals surface area contributed by atoms with Gasteiger partial charge in [0, 0.05) is 58.3 Å². The Balaban J connectivity index is 0.00000385. The van der Waals surface area contributed by atoms with Gasteiger partial charge in [-0.15, -0.1) is 24.0 Å². The van der Waals surface area contributed by atoms with Crippen molar-refractivity contribution in [2.75, 3.05) is 57.9 Å². The lowest BCUT2D eigenvalue weighted by molar-refractivity contribution is 0.0203. The lowest BCUT2D eigenvalue weighted by Crippen LogP contribution is -2.38. The average molecular weight is 574 g/mol. The summed E-state index contributed by atoms with van der Waals surface area (Å²) in [6.07, 6.45) is 5.33. The molecule has 0 aromatic heterocycles. The number of halogens is 1. The van der Waals surface area contributed by atoms with Crippen LogP contribution in [0.2, 0.25) is 0 Å². The number of anilines is 1. The van der Waals surface area contributed by atoms with E-state index in [1.54, 1.807) is 0 Å². The largest absolute Gasteiger partial charge is 0.381 e. The van der Waals surface area contributed by atoms with Gasteiger partial charge in [-0.1, -0.05) is 12.1 Å². The second-order valence-electron chi connectivity index (χ2n) is 8.43. The van der Waals surface area contributed by atoms with Crippen molar-refractivity contribution in [3.63, 3.8) is 0 Å². The predicted octanol–water partition coefficient (Wildman–Crippen LogP) is 3.82. The quantitative estimate of drug-likeness (QED) is 0.172. The minimum Gasteiger partial charge on any atom is -0.381 e. The lowest BCUT2D eigenvalue weighted by atomic mass is 10.0. The van der Waals surface area contributed by atoms with Crippen molar-refractivity contribution < 1.29 is 14.3 Å². The highest BCUT2D eigenvalue weighted by atomic mass is 127. The van der Waals surface area contributed by atoms with Crippen molar-refractivity contribution in [3.8, 4) is 0 Å². The third kappa shape index (κ3) is 10.5. The molecule has 2 saturated heterocycles. The van der Waals surface area contributed by atoms with Gasteiger partial charge in [0.1, 0.15) is 0 Å². The number of guanidine groups is 1. The fourth-order valence-electron chi connectivity index (χ4n) is 3.93. The first-order chi connectivity index (χ1) is 15.7. The molecule has 186 valence electrons. The summed E-state index contributed by atoms with van der Waals surface area (Å²) < 4.78 is 11.2. The van der Waals surface area contributed by atoms with E-state index in [1.807, 2.05) is 29.2 Å². The van der Waals surface area contributed by atoms with Crippen LogP contribution in [0, 0.1) is 5.92 Å². The van der Waals surface area contributed by atoms with Crippen LogP contribution in [0.25, 0.3) is 0 Å². The van der Waals surface area contributed by atoms with E-state index in [1.165, 1.54) is 0 Å². The molecular formula is C24H40IN5O3. The molecular weight excluding hydrogens is 533 g/mol. The number of nitrogens with one attached hydrogen (secondary N) is 3. The zero-order valence-electron chi connectivity index (χ0n) is 19.8. The minimum absolute atomic E-state index is 0. The normalized spacial score (nSPS) is 16.9. The number of aliphatic imine (C=N–C) groups is 1. The van der Waals surface area contributed by atoms with Crippen molar-refractivity contribution in [2.24, 2.45) is 10.9 Å². The van der Waals surface area contributed by atoms with Crippen LogP contribution in [0.3, 0.4) is 0 Å². The van der Waals surface area contributed by atoms with Gasteiger partial charge in [-0.25, -0.2) is 9.79 Å². The average Bonchev–Trinajstić information content (AvgIpc) is 3.36. The van der Waals surface area contributed by atoms with Crippen molar-refractivity contribution >= 4 is 41.7 Å². The Hall–Kier alpha value is -1.59. The number of amides is 2. The topological polar surface area (TPSA) is 87.2 Å². The number of hydrogen-bond acceptors (Lipinski definition) is 4. The van der Waals surface area contributed by atoms with Crippen molar-refractivity contribution in [2.45, 2.75) is 45.6 Å². The van der Waals surface area contributed by atoms with E-state index in [0.717, 1.165) is 102 Å². The summed E-state index contributed by atoms with van der Waals surface area (Å²) in [5, 5.41) is 9.66. The van der Waals surface area contributed by atoms with Crippen LogP contribution in [0.15, 0.2) is 29.3 Å². The Labute approximate surface area is 215 Å². The smallest absolute Gasteiger partial charge is 0.321 e. The molecule has 9 heteroatoms. The molecule has 1 aromatic carbocycles. The molecule has 2 amide bonds. The van der Waals surface area contributed by atoms with Crippen LogP contribution in [0.5, 0.6) is 0 Å². The monoisotopic (exact) mass is 573 g/mol. The number of rotatable bonds is 10. The van der Waals surface area contributed by atoms with Gasteiger partial charge in [0.05, 0.1) is 6.54 Å². The van der Waals surface area contributed by atoms with E-state index < -0.39 is 0 Å². The fourth-order valence-corrected chi connectivity index (χ4v) is 3.93. The first-order valence-electron chi connectivity index (χ1n) is 12.1. The summed E-state index contributed by atoms with van der Waals surface area (Å²) in [6.45, 7) is 9.22. The van der Waals surface area contributed by atoms with Gasteiger partial charge in [0.15, 0.2) is 5.96 Å². The SMILES string of the molecule is CCNC(=NCc1cccc(NC(=O)N2CCCC2)c1)NCCCOCC1CCOCC1.I. The molecule has 0 spiro atoms. The Morgan fingerprint density at radius 2 is 2.00 bits per heavy atom. The molecule has 3 N–H and O–H groups in total. The highest BCUT2D eigenvalue weighted by Crippen LogP contribution is 2.15. The summed E-state index contributed by atoms with van der Waals surface area (Å²) in [7, 11) is 0. The van der Waals surface area contributed by atoms with Gasteiger partial charge in [0.2, 0.25) is 0 Å². The molecule has 2 heterocycles. The van der Waals surface area contributed by atoms with Gasteiger partial charge < -0.3 is 30.3 Å². The standard InChI is InChI=1S/C24H39N5O3.HI/c1-2-25-23(26-11-6-14-32-19-20-9-15-31-16-10-20)27-18-21-7-5-8-22(17-21)28-24(30)29-12-3-4-13-29;/h5,7-8,17,20H,2-4,6,9-16,18-19H2,1H3,(H,28,30)(H2,25,26,27);1H. The second kappa shape index (κ2) is 16.1. The summed E-state index contributed by atoms with van der Waals surface area (Å²) in [5.74, 6) is 1.44. The third-order valence-corrected chi connectivity index (χ3v) is 5.79. The minimum atomic E-state index is -0.0165. The molecule has 2 aliphatic rings.